The molecule has 0 spiro atoms. The van der Waals surface area contributed by atoms with E-state index in [9.17, 15) is 0 Å². The van der Waals surface area contributed by atoms with Crippen LogP contribution in [0.4, 0.5) is 0 Å². The molecule has 4 aromatic carbocycles. The third kappa shape index (κ3) is 2.99. The second-order valence-electron chi connectivity index (χ2n) is 6.12. The molecule has 0 bridgehead atoms. The number of benzene rings is 4. The van der Waals surface area contributed by atoms with Gasteiger partial charge in [-0.05, 0) is 45.9 Å². The fourth-order valence-corrected chi connectivity index (χ4v) is 3.34. The Morgan fingerprint density at radius 3 is 1.36 bits per heavy atom. The lowest BCUT2D eigenvalue weighted by Crippen LogP contribution is -1.93. The zero-order valence-electron chi connectivity index (χ0n) is 14.0. The van der Waals surface area contributed by atoms with E-state index in [0.29, 0.717) is 0 Å². The average molecular weight is 319 g/mol. The maximum absolute atomic E-state index is 4.32. The van der Waals surface area contributed by atoms with Crippen LogP contribution in [0.1, 0.15) is 5.56 Å². The van der Waals surface area contributed by atoms with Crippen molar-refractivity contribution < 1.29 is 0 Å². The van der Waals surface area contributed by atoms with E-state index in [1.54, 1.807) is 0 Å². The SMILES string of the molecule is [CH2]c1ccc(-c2ccccc2)c(-c2ccccc2)c1-c1ccccc1. The molecule has 0 aliphatic rings. The van der Waals surface area contributed by atoms with Crippen molar-refractivity contribution in [3.63, 3.8) is 0 Å². The minimum absolute atomic E-state index is 1.05. The smallest absolute Gasteiger partial charge is 0.00240 e. The number of hydrogen-bond acceptors (Lipinski definition) is 0. The zero-order valence-corrected chi connectivity index (χ0v) is 14.0. The van der Waals surface area contributed by atoms with Gasteiger partial charge in [-0.1, -0.05) is 103 Å². The Balaban J connectivity index is 2.08. The van der Waals surface area contributed by atoms with Gasteiger partial charge in [0.2, 0.25) is 0 Å². The van der Waals surface area contributed by atoms with Crippen LogP contribution in [0.5, 0.6) is 0 Å². The second-order valence-corrected chi connectivity index (χ2v) is 6.12. The quantitative estimate of drug-likeness (QED) is 0.386. The minimum Gasteiger partial charge on any atom is -0.0622 e. The fraction of sp³-hybridized carbons (Fsp3) is 0. The molecule has 0 atom stereocenters. The molecule has 4 aromatic rings. The number of hydrogen-bond donors (Lipinski definition) is 0. The van der Waals surface area contributed by atoms with Crippen LogP contribution in [-0.2, 0) is 0 Å². The van der Waals surface area contributed by atoms with Crippen LogP contribution < -0.4 is 0 Å². The first-order valence-electron chi connectivity index (χ1n) is 8.50. The van der Waals surface area contributed by atoms with Gasteiger partial charge in [0.25, 0.3) is 0 Å². The van der Waals surface area contributed by atoms with Crippen LogP contribution in [0.2, 0.25) is 0 Å². The van der Waals surface area contributed by atoms with Crippen LogP contribution in [0.25, 0.3) is 33.4 Å². The largest absolute Gasteiger partial charge is 0.0622 e. The molecule has 4 rings (SSSR count). The molecular weight excluding hydrogens is 300 g/mol. The molecule has 0 saturated carbocycles. The van der Waals surface area contributed by atoms with Gasteiger partial charge in [-0.25, -0.2) is 0 Å². The van der Waals surface area contributed by atoms with E-state index >= 15 is 0 Å². The normalized spacial score (nSPS) is 10.6. The van der Waals surface area contributed by atoms with E-state index in [2.05, 4.69) is 110 Å². The van der Waals surface area contributed by atoms with Crippen molar-refractivity contribution >= 4 is 0 Å². The van der Waals surface area contributed by atoms with Crippen molar-refractivity contribution in [1.29, 1.82) is 0 Å². The Bertz CT molecular complexity index is 968. The maximum Gasteiger partial charge on any atom is -0.00240 e. The van der Waals surface area contributed by atoms with E-state index in [1.165, 1.54) is 33.4 Å². The van der Waals surface area contributed by atoms with E-state index in [-0.39, 0.29) is 0 Å². The van der Waals surface area contributed by atoms with Gasteiger partial charge >= 0.3 is 0 Å². The van der Waals surface area contributed by atoms with Gasteiger partial charge in [-0.2, -0.15) is 0 Å². The van der Waals surface area contributed by atoms with Gasteiger partial charge < -0.3 is 0 Å². The van der Waals surface area contributed by atoms with Crippen LogP contribution in [-0.4, -0.2) is 0 Å². The predicted molar refractivity (Wildman–Crippen MR) is 107 cm³/mol. The molecule has 0 aliphatic heterocycles. The summed E-state index contributed by atoms with van der Waals surface area (Å²) in [4.78, 5) is 0. The first-order chi connectivity index (χ1) is 12.3. The van der Waals surface area contributed by atoms with Crippen LogP contribution >= 0.6 is 0 Å². The molecule has 25 heavy (non-hydrogen) atoms. The third-order valence-corrected chi connectivity index (χ3v) is 4.50. The van der Waals surface area contributed by atoms with Crippen molar-refractivity contribution in [3.8, 4) is 33.4 Å². The van der Waals surface area contributed by atoms with Gasteiger partial charge in [0.15, 0.2) is 0 Å². The molecule has 0 heteroatoms. The maximum atomic E-state index is 4.32. The molecule has 1 radical (unpaired) electrons. The topological polar surface area (TPSA) is 0 Å². The van der Waals surface area contributed by atoms with Crippen LogP contribution in [0.3, 0.4) is 0 Å². The molecule has 0 aliphatic carbocycles. The fourth-order valence-electron chi connectivity index (χ4n) is 3.34. The summed E-state index contributed by atoms with van der Waals surface area (Å²) in [6.45, 7) is 4.32. The Morgan fingerprint density at radius 2 is 0.840 bits per heavy atom. The molecule has 0 nitrogen and oxygen atoms in total. The monoisotopic (exact) mass is 319 g/mol. The Hall–Kier alpha value is -3.12. The molecule has 0 N–H and O–H groups in total. The highest BCUT2D eigenvalue weighted by atomic mass is 14.2. The summed E-state index contributed by atoms with van der Waals surface area (Å²) in [5, 5.41) is 0. The minimum atomic E-state index is 1.05. The van der Waals surface area contributed by atoms with Crippen molar-refractivity contribution in [2.24, 2.45) is 0 Å². The molecule has 0 heterocycles. The lowest BCUT2D eigenvalue weighted by Gasteiger charge is -2.18. The van der Waals surface area contributed by atoms with E-state index in [1.807, 2.05) is 0 Å². The Labute approximate surface area is 149 Å². The lowest BCUT2D eigenvalue weighted by molar-refractivity contribution is 1.52. The summed E-state index contributed by atoms with van der Waals surface area (Å²) in [6.07, 6.45) is 0. The highest BCUT2D eigenvalue weighted by Gasteiger charge is 2.15. The van der Waals surface area contributed by atoms with E-state index in [4.69, 9.17) is 0 Å². The Morgan fingerprint density at radius 1 is 0.400 bits per heavy atom. The van der Waals surface area contributed by atoms with Gasteiger partial charge in [-0.3, -0.25) is 0 Å². The molecule has 0 aromatic heterocycles. The number of rotatable bonds is 3. The predicted octanol–water partition coefficient (Wildman–Crippen LogP) is 6.87. The Kier molecular flexibility index (Phi) is 4.18. The van der Waals surface area contributed by atoms with Gasteiger partial charge in [0, 0.05) is 0 Å². The lowest BCUT2D eigenvalue weighted by atomic mass is 9.85. The zero-order chi connectivity index (χ0) is 17.1. The summed E-state index contributed by atoms with van der Waals surface area (Å²) >= 11 is 0. The van der Waals surface area contributed by atoms with Crippen LogP contribution in [0, 0.1) is 6.92 Å². The standard InChI is InChI=1S/C25H19/c1-19-17-18-23(20-11-5-2-6-12-20)25(22-15-9-4-10-16-22)24(19)21-13-7-3-8-14-21/h2-18H,1H2. The second kappa shape index (κ2) is 6.78. The first-order valence-corrected chi connectivity index (χ1v) is 8.50. The third-order valence-electron chi connectivity index (χ3n) is 4.50. The van der Waals surface area contributed by atoms with Crippen molar-refractivity contribution in [3.05, 3.63) is 116 Å². The van der Waals surface area contributed by atoms with Crippen LogP contribution in [0.15, 0.2) is 103 Å². The summed E-state index contributed by atoms with van der Waals surface area (Å²) in [7, 11) is 0. The first kappa shape index (κ1) is 15.4. The highest BCUT2D eigenvalue weighted by molar-refractivity contribution is 5.96. The van der Waals surface area contributed by atoms with E-state index < -0.39 is 0 Å². The molecule has 119 valence electrons. The van der Waals surface area contributed by atoms with Gasteiger partial charge in [-0.15, -0.1) is 0 Å². The average Bonchev–Trinajstić information content (AvgIpc) is 2.70. The highest BCUT2D eigenvalue weighted by Crippen LogP contribution is 2.41. The molecule has 0 amide bonds. The van der Waals surface area contributed by atoms with Crippen molar-refractivity contribution in [1.82, 2.24) is 0 Å². The summed E-state index contributed by atoms with van der Waals surface area (Å²) in [5.74, 6) is 0. The van der Waals surface area contributed by atoms with Crippen molar-refractivity contribution in [2.75, 3.05) is 0 Å². The summed E-state index contributed by atoms with van der Waals surface area (Å²) in [6, 6.07) is 36.0. The van der Waals surface area contributed by atoms with E-state index in [0.717, 1.165) is 5.56 Å². The van der Waals surface area contributed by atoms with Crippen molar-refractivity contribution in [2.45, 2.75) is 0 Å². The molecule has 0 fully saturated rings. The molecule has 0 saturated heterocycles. The summed E-state index contributed by atoms with van der Waals surface area (Å²) in [5.41, 5.74) is 8.36. The molecule has 0 unspecified atom stereocenters. The summed E-state index contributed by atoms with van der Waals surface area (Å²) < 4.78 is 0. The van der Waals surface area contributed by atoms with Gasteiger partial charge in [0.1, 0.15) is 0 Å². The van der Waals surface area contributed by atoms with Gasteiger partial charge in [0.05, 0.1) is 0 Å². The molecular formula is C25H19.